The third-order valence-corrected chi connectivity index (χ3v) is 3.65. The maximum atomic E-state index is 12.0. The smallest absolute Gasteiger partial charge is 0.319 e. The largest absolute Gasteiger partial charge is 0.340 e. The number of hydrogen-bond donors (Lipinski definition) is 0. The first kappa shape index (κ1) is 14.8. The molecule has 1 aromatic heterocycles. The van der Waals surface area contributed by atoms with Crippen LogP contribution in [0.2, 0.25) is 0 Å². The first-order valence-electron chi connectivity index (χ1n) is 6.93. The number of amides is 2. The van der Waals surface area contributed by atoms with Crippen molar-refractivity contribution in [2.45, 2.75) is 32.4 Å². The third-order valence-electron chi connectivity index (χ3n) is 3.65. The molecule has 7 heteroatoms. The summed E-state index contributed by atoms with van der Waals surface area (Å²) in [5.41, 5.74) is 0. The van der Waals surface area contributed by atoms with Gasteiger partial charge in [0.05, 0.1) is 6.54 Å². The topological polar surface area (TPSA) is 65.7 Å². The number of urea groups is 1. The highest BCUT2D eigenvalue weighted by molar-refractivity contribution is 5.73. The fourth-order valence-corrected chi connectivity index (χ4v) is 2.57. The van der Waals surface area contributed by atoms with Crippen LogP contribution >= 0.6 is 0 Å². The van der Waals surface area contributed by atoms with Crippen LogP contribution < -0.4 is 0 Å². The number of piperidine rings is 1. The molecule has 112 valence electrons. The zero-order chi connectivity index (χ0) is 14.7. The van der Waals surface area contributed by atoms with Crippen LogP contribution in [0, 0.1) is 6.92 Å². The van der Waals surface area contributed by atoms with Gasteiger partial charge < -0.3 is 14.3 Å². The molecule has 7 nitrogen and oxygen atoms in total. The molecule has 1 aliphatic heterocycles. The number of carbonyl (C=O) groups excluding carboxylic acids is 1. The normalized spacial score (nSPS) is 19.9. The maximum absolute atomic E-state index is 12.0. The number of likely N-dealkylation sites (N-methyl/N-ethyl adjacent to an activating group) is 1. The van der Waals surface area contributed by atoms with Crippen molar-refractivity contribution in [3.05, 3.63) is 11.7 Å². The van der Waals surface area contributed by atoms with Crippen LogP contribution in [0.1, 0.15) is 24.6 Å². The summed E-state index contributed by atoms with van der Waals surface area (Å²) in [5.74, 6) is 1.30. The molecule has 0 aromatic carbocycles. The number of carbonyl (C=O) groups is 1. The molecule has 2 amide bonds. The van der Waals surface area contributed by atoms with Gasteiger partial charge in [0.1, 0.15) is 0 Å². The summed E-state index contributed by atoms with van der Waals surface area (Å²) in [6, 6.07) is 0.291. The second kappa shape index (κ2) is 6.21. The molecule has 0 bridgehead atoms. The van der Waals surface area contributed by atoms with Crippen molar-refractivity contribution in [1.29, 1.82) is 0 Å². The fourth-order valence-electron chi connectivity index (χ4n) is 2.57. The monoisotopic (exact) mass is 281 g/mol. The molecule has 2 heterocycles. The van der Waals surface area contributed by atoms with E-state index < -0.39 is 0 Å². The van der Waals surface area contributed by atoms with Crippen molar-refractivity contribution in [3.8, 4) is 0 Å². The van der Waals surface area contributed by atoms with Crippen LogP contribution in [-0.2, 0) is 6.54 Å². The molecule has 0 radical (unpaired) electrons. The second-order valence-electron chi connectivity index (χ2n) is 5.55. The molecule has 2 rings (SSSR count). The lowest BCUT2D eigenvalue weighted by Crippen LogP contribution is -2.50. The lowest BCUT2D eigenvalue weighted by atomic mass is 10.0. The highest BCUT2D eigenvalue weighted by atomic mass is 16.5. The number of aromatic nitrogens is 2. The van der Waals surface area contributed by atoms with Gasteiger partial charge in [-0.15, -0.1) is 0 Å². The molecule has 0 N–H and O–H groups in total. The first-order chi connectivity index (χ1) is 9.47. The minimum atomic E-state index is 0.0484. The molecule has 0 aliphatic carbocycles. The van der Waals surface area contributed by atoms with E-state index in [1.165, 1.54) is 0 Å². The molecule has 1 unspecified atom stereocenters. The van der Waals surface area contributed by atoms with Crippen LogP contribution in [0.15, 0.2) is 4.52 Å². The Morgan fingerprint density at radius 3 is 2.80 bits per heavy atom. The Morgan fingerprint density at radius 1 is 1.45 bits per heavy atom. The van der Waals surface area contributed by atoms with Crippen molar-refractivity contribution in [2.75, 3.05) is 34.2 Å². The van der Waals surface area contributed by atoms with Gasteiger partial charge in [0, 0.05) is 40.7 Å². The summed E-state index contributed by atoms with van der Waals surface area (Å²) in [6.07, 6.45) is 2.12. The Kier molecular flexibility index (Phi) is 4.59. The maximum Gasteiger partial charge on any atom is 0.319 e. The third kappa shape index (κ3) is 3.47. The van der Waals surface area contributed by atoms with Gasteiger partial charge in [-0.25, -0.2) is 4.79 Å². The predicted octanol–water partition coefficient (Wildman–Crippen LogP) is 0.956. The number of rotatable bonds is 3. The Bertz CT molecular complexity index is 459. The van der Waals surface area contributed by atoms with E-state index in [1.807, 2.05) is 11.9 Å². The minimum absolute atomic E-state index is 0.0484. The first-order valence-corrected chi connectivity index (χ1v) is 6.93. The van der Waals surface area contributed by atoms with E-state index in [2.05, 4.69) is 15.0 Å². The molecule has 1 aliphatic rings. The standard InChI is InChI=1S/C13H23N5O2/c1-10-14-12(15-20-10)9-18-7-5-6-11(8-18)17(4)13(19)16(2)3/h11H,5-9H2,1-4H3. The van der Waals surface area contributed by atoms with Gasteiger partial charge in [-0.1, -0.05) is 5.16 Å². The van der Waals surface area contributed by atoms with E-state index in [0.717, 1.165) is 25.9 Å². The summed E-state index contributed by atoms with van der Waals surface area (Å²) in [6.45, 7) is 4.33. The van der Waals surface area contributed by atoms with Crippen LogP contribution in [0.4, 0.5) is 4.79 Å². The molecular weight excluding hydrogens is 258 g/mol. The van der Waals surface area contributed by atoms with Gasteiger partial charge in [-0.05, 0) is 19.4 Å². The van der Waals surface area contributed by atoms with Crippen molar-refractivity contribution >= 4 is 6.03 Å². The summed E-state index contributed by atoms with van der Waals surface area (Å²) >= 11 is 0. The Morgan fingerprint density at radius 2 is 2.20 bits per heavy atom. The molecule has 1 aromatic rings. The van der Waals surface area contributed by atoms with Gasteiger partial charge >= 0.3 is 6.03 Å². The van der Waals surface area contributed by atoms with E-state index >= 15 is 0 Å². The van der Waals surface area contributed by atoms with Crippen molar-refractivity contribution in [1.82, 2.24) is 24.8 Å². The average molecular weight is 281 g/mol. The second-order valence-corrected chi connectivity index (χ2v) is 5.55. The minimum Gasteiger partial charge on any atom is -0.340 e. The summed E-state index contributed by atoms with van der Waals surface area (Å²) in [5, 5.41) is 3.93. The summed E-state index contributed by atoms with van der Waals surface area (Å²) < 4.78 is 4.99. The summed E-state index contributed by atoms with van der Waals surface area (Å²) in [7, 11) is 5.43. The number of likely N-dealkylation sites (tertiary alicyclic amines) is 1. The summed E-state index contributed by atoms with van der Waals surface area (Å²) in [4.78, 5) is 21.9. The lowest BCUT2D eigenvalue weighted by Gasteiger charge is -2.38. The molecule has 20 heavy (non-hydrogen) atoms. The number of nitrogens with zero attached hydrogens (tertiary/aromatic N) is 5. The highest BCUT2D eigenvalue weighted by Gasteiger charge is 2.27. The van der Waals surface area contributed by atoms with Crippen molar-refractivity contribution < 1.29 is 9.32 Å². The zero-order valence-electron chi connectivity index (χ0n) is 12.7. The quantitative estimate of drug-likeness (QED) is 0.825. The zero-order valence-corrected chi connectivity index (χ0v) is 12.7. The van der Waals surface area contributed by atoms with Crippen LogP contribution in [0.25, 0.3) is 0 Å². The van der Waals surface area contributed by atoms with E-state index in [-0.39, 0.29) is 12.1 Å². The molecular formula is C13H23N5O2. The van der Waals surface area contributed by atoms with Gasteiger partial charge in [-0.3, -0.25) is 4.90 Å². The lowest BCUT2D eigenvalue weighted by molar-refractivity contribution is 0.107. The number of aryl methyl sites for hydroxylation is 1. The van der Waals surface area contributed by atoms with E-state index in [1.54, 1.807) is 25.9 Å². The average Bonchev–Trinajstić information content (AvgIpc) is 2.82. The van der Waals surface area contributed by atoms with Crippen LogP contribution in [0.5, 0.6) is 0 Å². The SMILES string of the molecule is Cc1nc(CN2CCCC(N(C)C(=O)N(C)C)C2)no1. The fraction of sp³-hybridized carbons (Fsp3) is 0.769. The Labute approximate surface area is 119 Å². The van der Waals surface area contributed by atoms with Crippen LogP contribution in [0.3, 0.4) is 0 Å². The molecule has 1 atom stereocenters. The molecule has 1 fully saturated rings. The molecule has 0 spiro atoms. The van der Waals surface area contributed by atoms with E-state index in [4.69, 9.17) is 4.52 Å². The predicted molar refractivity (Wildman–Crippen MR) is 74.2 cm³/mol. The van der Waals surface area contributed by atoms with Gasteiger partial charge in [0.2, 0.25) is 5.89 Å². The van der Waals surface area contributed by atoms with Gasteiger partial charge in [0.25, 0.3) is 0 Å². The molecule has 0 saturated carbocycles. The number of hydrogen-bond acceptors (Lipinski definition) is 5. The van der Waals surface area contributed by atoms with Crippen LogP contribution in [-0.4, -0.2) is 71.1 Å². The van der Waals surface area contributed by atoms with E-state index in [9.17, 15) is 4.79 Å². The van der Waals surface area contributed by atoms with E-state index in [0.29, 0.717) is 18.3 Å². The molecule has 1 saturated heterocycles. The van der Waals surface area contributed by atoms with Crippen molar-refractivity contribution in [2.24, 2.45) is 0 Å². The Balaban J connectivity index is 1.93. The van der Waals surface area contributed by atoms with Gasteiger partial charge in [-0.2, -0.15) is 4.98 Å². The van der Waals surface area contributed by atoms with Crippen molar-refractivity contribution in [3.63, 3.8) is 0 Å². The Hall–Kier alpha value is -1.63. The van der Waals surface area contributed by atoms with Gasteiger partial charge in [0.15, 0.2) is 5.82 Å². The highest BCUT2D eigenvalue weighted by Crippen LogP contribution is 2.17.